The fourth-order valence-corrected chi connectivity index (χ4v) is 2.34. The highest BCUT2D eigenvalue weighted by Crippen LogP contribution is 2.17. The summed E-state index contributed by atoms with van der Waals surface area (Å²) in [6.45, 7) is 1.96. The van der Waals surface area contributed by atoms with Gasteiger partial charge >= 0.3 is 0 Å². The van der Waals surface area contributed by atoms with Crippen LogP contribution in [0.5, 0.6) is 0 Å². The molecule has 0 aliphatic heterocycles. The molecule has 0 radical (unpaired) electrons. The van der Waals surface area contributed by atoms with Gasteiger partial charge in [0.05, 0.1) is 11.9 Å². The highest BCUT2D eigenvalue weighted by atomic mass is 35.5. The molecule has 0 saturated heterocycles. The number of nitrogens with two attached hydrogens (primary N) is 1. The number of benzene rings is 1. The van der Waals surface area contributed by atoms with Crippen LogP contribution in [0, 0.1) is 0 Å². The molecule has 2 heterocycles. The molecule has 3 N–H and O–H groups in total. The molecule has 0 spiro atoms. The van der Waals surface area contributed by atoms with Crippen LogP contribution in [0.2, 0.25) is 5.02 Å². The first-order valence-electron chi connectivity index (χ1n) is 7.72. The van der Waals surface area contributed by atoms with Gasteiger partial charge in [-0.1, -0.05) is 42.3 Å². The Kier molecular flexibility index (Phi) is 5.23. The lowest BCUT2D eigenvalue weighted by molar-refractivity contribution is 0.0949. The minimum atomic E-state index is -0.500. The Balaban J connectivity index is 1.79. The van der Waals surface area contributed by atoms with Crippen LogP contribution >= 0.6 is 11.6 Å². The quantitative estimate of drug-likeness (QED) is 0.493. The van der Waals surface area contributed by atoms with Crippen LogP contribution in [-0.2, 0) is 6.42 Å². The monoisotopic (exact) mass is 374 g/mol. The molecule has 10 nitrogen and oxygen atoms in total. The number of nitrogens with one attached hydrogen (secondary N) is 1. The smallest absolute Gasteiger partial charge is 0.293 e. The van der Waals surface area contributed by atoms with Crippen LogP contribution in [-0.4, -0.2) is 37.4 Å². The number of nitrogen functional groups attached to an aromatic ring is 1. The highest BCUT2D eigenvalue weighted by molar-refractivity contribution is 6.30. The molecule has 0 saturated carbocycles. The van der Waals surface area contributed by atoms with Crippen molar-refractivity contribution in [1.29, 1.82) is 0 Å². The van der Waals surface area contributed by atoms with Crippen LogP contribution in [0.1, 0.15) is 35.1 Å². The summed E-state index contributed by atoms with van der Waals surface area (Å²) in [5.41, 5.74) is 9.56. The number of amides is 1. The van der Waals surface area contributed by atoms with Crippen molar-refractivity contribution in [2.75, 3.05) is 5.73 Å². The normalized spacial score (nSPS) is 11.2. The van der Waals surface area contributed by atoms with Gasteiger partial charge in [-0.05, 0) is 34.4 Å². The average Bonchev–Trinajstić information content (AvgIpc) is 3.23. The number of carbonyl (C=O) groups excluding carboxylic acids is 1. The lowest BCUT2D eigenvalue weighted by atomic mass is 10.2. The van der Waals surface area contributed by atoms with E-state index in [0.717, 1.165) is 12.0 Å². The van der Waals surface area contributed by atoms with Crippen LogP contribution in [0.4, 0.5) is 5.82 Å². The minimum Gasteiger partial charge on any atom is -0.378 e. The maximum atomic E-state index is 12.4. The molecule has 134 valence electrons. The Labute approximate surface area is 153 Å². The molecule has 1 amide bonds. The van der Waals surface area contributed by atoms with Crippen LogP contribution in [0.15, 0.2) is 34.0 Å². The molecule has 0 aliphatic carbocycles. The van der Waals surface area contributed by atoms with Crippen molar-refractivity contribution in [1.82, 2.24) is 30.7 Å². The van der Waals surface area contributed by atoms with Gasteiger partial charge in [0.15, 0.2) is 5.69 Å². The van der Waals surface area contributed by atoms with E-state index < -0.39 is 5.91 Å². The summed E-state index contributed by atoms with van der Waals surface area (Å²) in [6.07, 6.45) is 2.79. The summed E-state index contributed by atoms with van der Waals surface area (Å²) in [5.74, 6) is -0.260. The van der Waals surface area contributed by atoms with Crippen molar-refractivity contribution in [2.24, 2.45) is 5.10 Å². The molecule has 0 aliphatic rings. The van der Waals surface area contributed by atoms with Gasteiger partial charge in [0, 0.05) is 5.02 Å². The zero-order chi connectivity index (χ0) is 18.5. The topological polar surface area (TPSA) is 137 Å². The Morgan fingerprint density at radius 2 is 2.15 bits per heavy atom. The first-order chi connectivity index (χ1) is 12.6. The molecule has 3 aromatic rings. The number of carbonyl (C=O) groups is 1. The number of hydrogen-bond acceptors (Lipinski definition) is 8. The van der Waals surface area contributed by atoms with E-state index >= 15 is 0 Å². The average molecular weight is 375 g/mol. The maximum Gasteiger partial charge on any atom is 0.293 e. The van der Waals surface area contributed by atoms with Gasteiger partial charge in [-0.2, -0.15) is 9.78 Å². The highest BCUT2D eigenvalue weighted by Gasteiger charge is 2.23. The molecular weight excluding hydrogens is 360 g/mol. The van der Waals surface area contributed by atoms with Gasteiger partial charge in [-0.15, -0.1) is 5.10 Å². The number of rotatable bonds is 6. The van der Waals surface area contributed by atoms with Crippen molar-refractivity contribution in [3.63, 3.8) is 0 Å². The third-order valence-electron chi connectivity index (χ3n) is 3.41. The molecule has 2 aromatic heterocycles. The lowest BCUT2D eigenvalue weighted by Gasteiger charge is -2.03. The van der Waals surface area contributed by atoms with Crippen LogP contribution < -0.4 is 11.2 Å². The molecule has 1 aromatic carbocycles. The lowest BCUT2D eigenvalue weighted by Crippen LogP contribution is -2.20. The van der Waals surface area contributed by atoms with Gasteiger partial charge in [-0.25, -0.2) is 10.1 Å². The molecule has 0 bridgehead atoms. The molecule has 0 unspecified atom stereocenters. The van der Waals surface area contributed by atoms with Gasteiger partial charge in [-0.3, -0.25) is 4.79 Å². The van der Waals surface area contributed by atoms with Gasteiger partial charge in [0.2, 0.25) is 11.6 Å². The van der Waals surface area contributed by atoms with Crippen LogP contribution in [0.3, 0.4) is 0 Å². The van der Waals surface area contributed by atoms with Crippen molar-refractivity contribution in [3.05, 3.63) is 46.2 Å². The van der Waals surface area contributed by atoms with Crippen molar-refractivity contribution in [2.45, 2.75) is 19.8 Å². The Morgan fingerprint density at radius 1 is 1.38 bits per heavy atom. The standard InChI is InChI=1S/C15H15ClN8O2/c1-2-3-11-12(19-23-24(11)14-13(17)21-26-22-14)15(25)20-18-8-9-4-6-10(16)7-5-9/h4-8H,2-3H2,1H3,(H2,17,21)(H,20,25)/b18-8-. The molecule has 0 fully saturated rings. The van der Waals surface area contributed by atoms with Gasteiger partial charge < -0.3 is 5.73 Å². The van der Waals surface area contributed by atoms with E-state index in [9.17, 15) is 4.79 Å². The largest absolute Gasteiger partial charge is 0.378 e. The van der Waals surface area contributed by atoms with Crippen molar-refractivity contribution >= 4 is 29.5 Å². The zero-order valence-corrected chi connectivity index (χ0v) is 14.5. The maximum absolute atomic E-state index is 12.4. The molecule has 0 atom stereocenters. The van der Waals surface area contributed by atoms with E-state index in [0.29, 0.717) is 17.1 Å². The fourth-order valence-electron chi connectivity index (χ4n) is 2.21. The third kappa shape index (κ3) is 3.70. The van der Waals surface area contributed by atoms with E-state index in [1.807, 2.05) is 6.92 Å². The zero-order valence-electron chi connectivity index (χ0n) is 13.8. The third-order valence-corrected chi connectivity index (χ3v) is 3.66. The number of nitrogens with zero attached hydrogens (tertiary/aromatic N) is 6. The number of halogens is 1. The van der Waals surface area contributed by atoms with Gasteiger partial charge in [0.1, 0.15) is 0 Å². The van der Waals surface area contributed by atoms with E-state index in [4.69, 9.17) is 17.3 Å². The SMILES string of the molecule is CCCc1c(C(=O)N/N=C\c2ccc(Cl)cc2)nnn1-c1nonc1N. The molecule has 26 heavy (non-hydrogen) atoms. The summed E-state index contributed by atoms with van der Waals surface area (Å²) in [6, 6.07) is 7.01. The van der Waals surface area contributed by atoms with Crippen LogP contribution in [0.25, 0.3) is 5.82 Å². The van der Waals surface area contributed by atoms with E-state index in [-0.39, 0.29) is 17.3 Å². The summed E-state index contributed by atoms with van der Waals surface area (Å²) in [5, 5.41) is 19.6. The number of aromatic nitrogens is 5. The number of anilines is 1. The predicted octanol–water partition coefficient (Wildman–Crippen LogP) is 1.60. The number of hydrogen-bond donors (Lipinski definition) is 2. The molecule has 11 heteroatoms. The summed E-state index contributed by atoms with van der Waals surface area (Å²) < 4.78 is 5.92. The second kappa shape index (κ2) is 7.74. The van der Waals surface area contributed by atoms with Crippen molar-refractivity contribution in [3.8, 4) is 5.82 Å². The van der Waals surface area contributed by atoms with Crippen molar-refractivity contribution < 1.29 is 9.42 Å². The second-order valence-corrected chi connectivity index (χ2v) is 5.71. The van der Waals surface area contributed by atoms with E-state index in [2.05, 4.69) is 35.8 Å². The van der Waals surface area contributed by atoms with E-state index in [1.165, 1.54) is 10.9 Å². The predicted molar refractivity (Wildman–Crippen MR) is 94.1 cm³/mol. The molecular formula is C15H15ClN8O2. The first kappa shape index (κ1) is 17.5. The first-order valence-corrected chi connectivity index (χ1v) is 8.10. The minimum absolute atomic E-state index is 0.0555. The number of hydrazone groups is 1. The van der Waals surface area contributed by atoms with Gasteiger partial charge in [0.25, 0.3) is 5.91 Å². The summed E-state index contributed by atoms with van der Waals surface area (Å²) in [7, 11) is 0. The fraction of sp³-hybridized carbons (Fsp3) is 0.200. The molecule has 3 rings (SSSR count). The Bertz CT molecular complexity index is 932. The summed E-state index contributed by atoms with van der Waals surface area (Å²) >= 11 is 5.82. The van der Waals surface area contributed by atoms with E-state index in [1.54, 1.807) is 24.3 Å². The Morgan fingerprint density at radius 3 is 2.81 bits per heavy atom. The summed E-state index contributed by atoms with van der Waals surface area (Å²) in [4.78, 5) is 12.4. The Hall–Kier alpha value is -3.27. The second-order valence-electron chi connectivity index (χ2n) is 5.27.